The highest BCUT2D eigenvalue weighted by atomic mass is 35.5. The van der Waals surface area contributed by atoms with E-state index in [-0.39, 0.29) is 23.9 Å². The Kier molecular flexibility index (Phi) is 7.28. The van der Waals surface area contributed by atoms with Gasteiger partial charge in [0.25, 0.3) is 0 Å². The summed E-state index contributed by atoms with van der Waals surface area (Å²) in [4.78, 5) is 16.1. The van der Waals surface area contributed by atoms with Crippen molar-refractivity contribution >= 4 is 27.4 Å². The Bertz CT molecular complexity index is 857. The largest absolute Gasteiger partial charge is 0.368 e. The SMILES string of the molecule is CCCN(C)S(=O)(=O)c1ccc(Cl)c(COCC(=O)c2ccccn2)c1. The molecule has 2 aromatic rings. The average Bonchev–Trinajstić information content (AvgIpc) is 2.63. The van der Waals surface area contributed by atoms with Crippen molar-refractivity contribution in [1.82, 2.24) is 9.29 Å². The van der Waals surface area contributed by atoms with Crippen LogP contribution in [-0.2, 0) is 21.4 Å². The minimum absolute atomic E-state index is 0.0261. The zero-order chi connectivity index (χ0) is 19.2. The van der Waals surface area contributed by atoms with Crippen molar-refractivity contribution in [3.05, 3.63) is 58.9 Å². The maximum atomic E-state index is 12.5. The fourth-order valence-electron chi connectivity index (χ4n) is 2.29. The van der Waals surface area contributed by atoms with Crippen LogP contribution in [0.3, 0.4) is 0 Å². The van der Waals surface area contributed by atoms with Gasteiger partial charge < -0.3 is 4.74 Å². The molecule has 0 radical (unpaired) electrons. The molecule has 0 spiro atoms. The minimum Gasteiger partial charge on any atom is -0.368 e. The maximum Gasteiger partial charge on any atom is 0.242 e. The summed E-state index contributed by atoms with van der Waals surface area (Å²) in [5, 5.41) is 0.382. The van der Waals surface area contributed by atoms with Gasteiger partial charge in [-0.05, 0) is 42.3 Å². The van der Waals surface area contributed by atoms with Crippen LogP contribution in [0.4, 0.5) is 0 Å². The Morgan fingerprint density at radius 1 is 1.27 bits per heavy atom. The van der Waals surface area contributed by atoms with E-state index in [2.05, 4.69) is 4.98 Å². The van der Waals surface area contributed by atoms with Gasteiger partial charge in [0, 0.05) is 24.8 Å². The number of sulfonamides is 1. The van der Waals surface area contributed by atoms with Crippen LogP contribution in [0.5, 0.6) is 0 Å². The molecule has 0 N–H and O–H groups in total. The fourth-order valence-corrected chi connectivity index (χ4v) is 3.78. The van der Waals surface area contributed by atoms with Crippen molar-refractivity contribution in [2.45, 2.75) is 24.8 Å². The molecule has 140 valence electrons. The second-order valence-electron chi connectivity index (χ2n) is 5.71. The van der Waals surface area contributed by atoms with Crippen molar-refractivity contribution in [3.63, 3.8) is 0 Å². The molecule has 0 saturated heterocycles. The lowest BCUT2D eigenvalue weighted by Gasteiger charge is -2.17. The highest BCUT2D eigenvalue weighted by Gasteiger charge is 2.21. The van der Waals surface area contributed by atoms with Gasteiger partial charge in [-0.25, -0.2) is 12.7 Å². The van der Waals surface area contributed by atoms with E-state index >= 15 is 0 Å². The van der Waals surface area contributed by atoms with Crippen LogP contribution in [-0.4, -0.2) is 43.7 Å². The van der Waals surface area contributed by atoms with Crippen molar-refractivity contribution in [2.24, 2.45) is 0 Å². The van der Waals surface area contributed by atoms with Gasteiger partial charge in [0.1, 0.15) is 12.3 Å². The molecule has 0 fully saturated rings. The number of rotatable bonds is 9. The Hall–Kier alpha value is -1.80. The molecule has 0 unspecified atom stereocenters. The third-order valence-electron chi connectivity index (χ3n) is 3.71. The smallest absolute Gasteiger partial charge is 0.242 e. The molecular formula is C18H21ClN2O4S. The number of aromatic nitrogens is 1. The standard InChI is InChI=1S/C18H21ClN2O4S/c1-3-10-21(2)26(23,24)15-7-8-16(19)14(11-15)12-25-13-18(22)17-6-4-5-9-20-17/h4-9,11H,3,10,12-13H2,1-2H3. The summed E-state index contributed by atoms with van der Waals surface area (Å²) in [5.41, 5.74) is 0.822. The van der Waals surface area contributed by atoms with Gasteiger partial charge in [-0.3, -0.25) is 9.78 Å². The molecule has 8 heteroatoms. The number of carbonyl (C=O) groups is 1. The lowest BCUT2D eigenvalue weighted by Crippen LogP contribution is -2.27. The molecule has 0 atom stereocenters. The van der Waals surface area contributed by atoms with Gasteiger partial charge in [0.2, 0.25) is 15.8 Å². The summed E-state index contributed by atoms with van der Waals surface area (Å²) < 4.78 is 31.8. The van der Waals surface area contributed by atoms with E-state index in [1.807, 2.05) is 6.92 Å². The molecule has 0 aliphatic heterocycles. The van der Waals surface area contributed by atoms with Crippen LogP contribution >= 0.6 is 11.6 Å². The predicted octanol–water partition coefficient (Wildman–Crippen LogP) is 3.17. The molecule has 0 amide bonds. The number of carbonyl (C=O) groups excluding carboxylic acids is 1. The summed E-state index contributed by atoms with van der Waals surface area (Å²) in [5.74, 6) is -0.256. The minimum atomic E-state index is -3.58. The predicted molar refractivity (Wildman–Crippen MR) is 99.8 cm³/mol. The quantitative estimate of drug-likeness (QED) is 0.608. The summed E-state index contributed by atoms with van der Waals surface area (Å²) in [6.07, 6.45) is 2.25. The van der Waals surface area contributed by atoms with Crippen molar-refractivity contribution in [2.75, 3.05) is 20.2 Å². The summed E-state index contributed by atoms with van der Waals surface area (Å²) >= 11 is 6.13. The monoisotopic (exact) mass is 396 g/mol. The van der Waals surface area contributed by atoms with Gasteiger partial charge in [0.05, 0.1) is 11.5 Å². The van der Waals surface area contributed by atoms with E-state index in [0.29, 0.717) is 22.8 Å². The topological polar surface area (TPSA) is 76.6 Å². The number of benzene rings is 1. The van der Waals surface area contributed by atoms with Crippen molar-refractivity contribution < 1.29 is 17.9 Å². The number of pyridine rings is 1. The van der Waals surface area contributed by atoms with Gasteiger partial charge >= 0.3 is 0 Å². The second-order valence-corrected chi connectivity index (χ2v) is 8.16. The van der Waals surface area contributed by atoms with Crippen LogP contribution in [0.1, 0.15) is 29.4 Å². The molecule has 2 rings (SSSR count). The summed E-state index contributed by atoms with van der Waals surface area (Å²) in [7, 11) is -2.05. The normalized spacial score (nSPS) is 11.7. The lowest BCUT2D eigenvalue weighted by atomic mass is 10.2. The zero-order valence-electron chi connectivity index (χ0n) is 14.7. The summed E-state index contributed by atoms with van der Waals surface area (Å²) in [6.45, 7) is 2.19. The van der Waals surface area contributed by atoms with E-state index in [1.54, 1.807) is 18.2 Å². The van der Waals surface area contributed by atoms with Gasteiger partial charge in [0.15, 0.2) is 0 Å². The first-order valence-corrected chi connectivity index (χ1v) is 9.94. The van der Waals surface area contributed by atoms with E-state index in [0.717, 1.165) is 6.42 Å². The van der Waals surface area contributed by atoms with Crippen molar-refractivity contribution in [1.29, 1.82) is 0 Å². The third-order valence-corrected chi connectivity index (χ3v) is 5.93. The van der Waals surface area contributed by atoms with Gasteiger partial charge in [-0.2, -0.15) is 0 Å². The van der Waals surface area contributed by atoms with Crippen LogP contribution < -0.4 is 0 Å². The average molecular weight is 397 g/mol. The maximum absolute atomic E-state index is 12.5. The highest BCUT2D eigenvalue weighted by molar-refractivity contribution is 7.89. The Morgan fingerprint density at radius 3 is 2.69 bits per heavy atom. The van der Waals surface area contributed by atoms with E-state index in [9.17, 15) is 13.2 Å². The number of halogens is 1. The molecule has 26 heavy (non-hydrogen) atoms. The number of hydrogen-bond donors (Lipinski definition) is 0. The Morgan fingerprint density at radius 2 is 2.04 bits per heavy atom. The van der Waals surface area contributed by atoms with E-state index in [1.165, 1.54) is 35.7 Å². The molecule has 0 aliphatic carbocycles. The lowest BCUT2D eigenvalue weighted by molar-refractivity contribution is 0.0721. The first-order valence-electron chi connectivity index (χ1n) is 8.13. The van der Waals surface area contributed by atoms with Gasteiger partial charge in [-0.1, -0.05) is 24.6 Å². The molecule has 1 heterocycles. The van der Waals surface area contributed by atoms with Crippen molar-refractivity contribution in [3.8, 4) is 0 Å². The van der Waals surface area contributed by atoms with Crippen LogP contribution in [0, 0.1) is 0 Å². The van der Waals surface area contributed by atoms with Crippen LogP contribution in [0.25, 0.3) is 0 Å². The number of ketones is 1. The molecule has 1 aromatic heterocycles. The molecule has 0 bridgehead atoms. The van der Waals surface area contributed by atoms with E-state index in [4.69, 9.17) is 16.3 Å². The number of Topliss-reactive ketones (excluding diaryl/α,β-unsaturated/α-hetero) is 1. The Balaban J connectivity index is 2.07. The zero-order valence-corrected chi connectivity index (χ0v) is 16.3. The summed E-state index contributed by atoms with van der Waals surface area (Å²) in [6, 6.07) is 9.52. The Labute approximate surface area is 158 Å². The molecule has 0 aliphatic rings. The molecule has 1 aromatic carbocycles. The second kappa shape index (κ2) is 9.23. The first kappa shape index (κ1) is 20.5. The number of nitrogens with zero attached hydrogens (tertiary/aromatic N) is 2. The number of hydrogen-bond acceptors (Lipinski definition) is 5. The number of ether oxygens (including phenoxy) is 1. The molecule has 6 nitrogen and oxygen atoms in total. The molecular weight excluding hydrogens is 376 g/mol. The fraction of sp³-hybridized carbons (Fsp3) is 0.333. The highest BCUT2D eigenvalue weighted by Crippen LogP contribution is 2.23. The molecule has 0 saturated carbocycles. The third kappa shape index (κ3) is 5.11. The van der Waals surface area contributed by atoms with Crippen LogP contribution in [0.2, 0.25) is 5.02 Å². The van der Waals surface area contributed by atoms with Crippen LogP contribution in [0.15, 0.2) is 47.5 Å². The first-order chi connectivity index (χ1) is 12.4. The van der Waals surface area contributed by atoms with Gasteiger partial charge in [-0.15, -0.1) is 0 Å². The van der Waals surface area contributed by atoms with E-state index < -0.39 is 10.0 Å².